The number of carbonyl (C=O) groups excluding carboxylic acids is 3. The van der Waals surface area contributed by atoms with Crippen molar-refractivity contribution in [1.29, 1.82) is 0 Å². The Morgan fingerprint density at radius 2 is 1.41 bits per heavy atom. The van der Waals surface area contributed by atoms with Crippen LogP contribution in [0.1, 0.15) is 31.2 Å². The smallest absolute Gasteiger partial charge is 0.260 e. The van der Waals surface area contributed by atoms with Crippen LogP contribution in [0, 0.1) is 5.92 Å². The van der Waals surface area contributed by atoms with E-state index in [2.05, 4.69) is 29.2 Å². The fourth-order valence-electron chi connectivity index (χ4n) is 6.81. The molecule has 3 saturated heterocycles. The highest BCUT2D eigenvalue weighted by molar-refractivity contribution is 6.30. The Morgan fingerprint density at radius 1 is 0.795 bits per heavy atom. The highest BCUT2D eigenvalue weighted by Crippen LogP contribution is 2.39. The van der Waals surface area contributed by atoms with Crippen molar-refractivity contribution in [1.82, 2.24) is 14.7 Å². The number of carbonyl (C=O) groups is 3. The second-order valence-corrected chi connectivity index (χ2v) is 12.5. The zero-order valence-corrected chi connectivity index (χ0v) is 25.7. The third kappa shape index (κ3) is 6.55. The number of ether oxygens (including phenoxy) is 1. The predicted octanol–water partition coefficient (Wildman–Crippen LogP) is 4.87. The highest BCUT2D eigenvalue weighted by atomic mass is 35.5. The number of hydrogen-bond donors (Lipinski definition) is 0. The Bertz CT molecular complexity index is 1440. The van der Waals surface area contributed by atoms with Crippen molar-refractivity contribution in [3.8, 4) is 5.75 Å². The lowest BCUT2D eigenvalue weighted by Gasteiger charge is -2.43. The first-order chi connectivity index (χ1) is 21.4. The zero-order chi connectivity index (χ0) is 30.5. The molecule has 0 atom stereocenters. The van der Waals surface area contributed by atoms with Crippen LogP contribution in [0.3, 0.4) is 0 Å². The number of nitrogens with zero attached hydrogens (tertiary/aromatic N) is 4. The summed E-state index contributed by atoms with van der Waals surface area (Å²) in [6.45, 7) is 2.68. The Kier molecular flexibility index (Phi) is 9.07. The molecular formula is C35H39ClN4O4. The van der Waals surface area contributed by atoms with Crippen LogP contribution in [-0.2, 0) is 20.8 Å². The second-order valence-electron chi connectivity index (χ2n) is 12.1. The van der Waals surface area contributed by atoms with Gasteiger partial charge in [0.15, 0.2) is 6.61 Å². The quantitative estimate of drug-likeness (QED) is 0.362. The standard InChI is InChI=1S/C35H39ClN4O4/c36-29-11-13-31(14-12-29)44-25-33(42)38-21-17-35(18-22-38)34(43)39(26-40(35)30-9-5-2-6-10-30)24-32(41)37-19-15-28(16-20-37)23-27-7-3-1-4-8-27/h1-14,28H,15-26H2. The van der Waals surface area contributed by atoms with Gasteiger partial charge in [0.05, 0.1) is 6.67 Å². The average Bonchev–Trinajstić information content (AvgIpc) is 3.32. The van der Waals surface area contributed by atoms with E-state index in [0.717, 1.165) is 38.0 Å². The van der Waals surface area contributed by atoms with E-state index >= 15 is 0 Å². The van der Waals surface area contributed by atoms with Crippen LogP contribution in [0.5, 0.6) is 5.75 Å². The normalized spacial score (nSPS) is 18.6. The summed E-state index contributed by atoms with van der Waals surface area (Å²) in [7, 11) is 0. The maximum Gasteiger partial charge on any atom is 0.260 e. The Morgan fingerprint density at radius 3 is 2.07 bits per heavy atom. The predicted molar refractivity (Wildman–Crippen MR) is 170 cm³/mol. The number of anilines is 1. The van der Waals surface area contributed by atoms with E-state index in [9.17, 15) is 14.4 Å². The van der Waals surface area contributed by atoms with Crippen LogP contribution < -0.4 is 9.64 Å². The molecule has 6 rings (SSSR count). The number of para-hydroxylation sites is 1. The van der Waals surface area contributed by atoms with E-state index < -0.39 is 5.54 Å². The van der Waals surface area contributed by atoms with Gasteiger partial charge < -0.3 is 24.3 Å². The first-order valence-electron chi connectivity index (χ1n) is 15.5. The van der Waals surface area contributed by atoms with E-state index in [-0.39, 0.29) is 30.9 Å². The SMILES string of the molecule is O=C(COc1ccc(Cl)cc1)N1CCC2(CC1)C(=O)N(CC(=O)N1CCC(Cc3ccccc3)CC1)CN2c1ccccc1. The zero-order valence-electron chi connectivity index (χ0n) is 24.9. The van der Waals surface area contributed by atoms with Crippen LogP contribution in [0.4, 0.5) is 5.69 Å². The molecule has 0 N–H and O–H groups in total. The number of likely N-dealkylation sites (tertiary alicyclic amines) is 2. The number of piperidine rings is 2. The van der Waals surface area contributed by atoms with E-state index in [1.165, 1.54) is 5.56 Å². The molecule has 3 amide bonds. The highest BCUT2D eigenvalue weighted by Gasteiger charge is 2.54. The molecule has 9 heteroatoms. The van der Waals surface area contributed by atoms with Gasteiger partial charge in [-0.3, -0.25) is 14.4 Å². The molecule has 0 radical (unpaired) electrons. The second kappa shape index (κ2) is 13.3. The van der Waals surface area contributed by atoms with Crippen LogP contribution in [0.25, 0.3) is 0 Å². The molecule has 8 nitrogen and oxygen atoms in total. The fraction of sp³-hybridized carbons (Fsp3) is 0.400. The summed E-state index contributed by atoms with van der Waals surface area (Å²) in [4.78, 5) is 48.1. The van der Waals surface area contributed by atoms with E-state index in [0.29, 0.717) is 49.3 Å². The minimum atomic E-state index is -0.794. The van der Waals surface area contributed by atoms with Gasteiger partial charge in [-0.1, -0.05) is 60.1 Å². The molecule has 44 heavy (non-hydrogen) atoms. The Labute approximate surface area is 264 Å². The molecule has 0 aromatic heterocycles. The molecule has 0 aliphatic carbocycles. The molecule has 0 bridgehead atoms. The topological polar surface area (TPSA) is 73.4 Å². The fourth-order valence-corrected chi connectivity index (χ4v) is 6.94. The average molecular weight is 615 g/mol. The molecular weight excluding hydrogens is 576 g/mol. The van der Waals surface area contributed by atoms with Gasteiger partial charge >= 0.3 is 0 Å². The molecule has 3 aliphatic heterocycles. The van der Waals surface area contributed by atoms with Crippen molar-refractivity contribution in [2.24, 2.45) is 5.92 Å². The maximum atomic E-state index is 14.1. The van der Waals surface area contributed by atoms with Gasteiger partial charge in [-0.2, -0.15) is 0 Å². The number of hydrogen-bond acceptors (Lipinski definition) is 5. The molecule has 3 aromatic carbocycles. The van der Waals surface area contributed by atoms with Crippen molar-refractivity contribution in [3.05, 3.63) is 95.5 Å². The van der Waals surface area contributed by atoms with Crippen LogP contribution in [0.15, 0.2) is 84.9 Å². The summed E-state index contributed by atoms with van der Waals surface area (Å²) in [5.41, 5.74) is 1.49. The Balaban J connectivity index is 1.07. The molecule has 230 valence electrons. The molecule has 3 aliphatic rings. The lowest BCUT2D eigenvalue weighted by atomic mass is 9.85. The van der Waals surface area contributed by atoms with E-state index in [1.54, 1.807) is 34.1 Å². The summed E-state index contributed by atoms with van der Waals surface area (Å²) in [6, 6.07) is 27.3. The molecule has 0 saturated carbocycles. The van der Waals surface area contributed by atoms with Gasteiger partial charge in [0.1, 0.15) is 17.8 Å². The molecule has 0 unspecified atom stereocenters. The molecule has 3 heterocycles. The largest absolute Gasteiger partial charge is 0.484 e. The van der Waals surface area contributed by atoms with Crippen LogP contribution >= 0.6 is 11.6 Å². The van der Waals surface area contributed by atoms with Crippen LogP contribution in [0.2, 0.25) is 5.02 Å². The number of amides is 3. The number of halogens is 1. The monoisotopic (exact) mass is 614 g/mol. The summed E-state index contributed by atoms with van der Waals surface area (Å²) in [5.74, 6) is 1.01. The summed E-state index contributed by atoms with van der Waals surface area (Å²) in [6.07, 6.45) is 3.96. The van der Waals surface area contributed by atoms with Gasteiger partial charge in [-0.15, -0.1) is 0 Å². The van der Waals surface area contributed by atoms with Gasteiger partial charge in [-0.25, -0.2) is 0 Å². The van der Waals surface area contributed by atoms with Crippen molar-refractivity contribution >= 4 is 35.0 Å². The van der Waals surface area contributed by atoms with Gasteiger partial charge in [0.25, 0.3) is 11.8 Å². The van der Waals surface area contributed by atoms with Gasteiger partial charge in [-0.05, 0) is 80.0 Å². The molecule has 3 fully saturated rings. The first-order valence-corrected chi connectivity index (χ1v) is 15.9. The minimum Gasteiger partial charge on any atom is -0.484 e. The lowest BCUT2D eigenvalue weighted by Crippen LogP contribution is -2.58. The summed E-state index contributed by atoms with van der Waals surface area (Å²) >= 11 is 5.94. The first kappa shape index (κ1) is 30.0. The summed E-state index contributed by atoms with van der Waals surface area (Å²) in [5, 5.41) is 0.605. The Hall–Kier alpha value is -4.04. The number of rotatable bonds is 8. The lowest BCUT2D eigenvalue weighted by molar-refractivity contribution is -0.143. The van der Waals surface area contributed by atoms with Crippen molar-refractivity contribution in [2.45, 2.75) is 37.6 Å². The third-order valence-corrected chi connectivity index (χ3v) is 9.61. The van der Waals surface area contributed by atoms with Crippen molar-refractivity contribution < 1.29 is 19.1 Å². The third-order valence-electron chi connectivity index (χ3n) is 9.36. The maximum absolute atomic E-state index is 14.1. The van der Waals surface area contributed by atoms with Gasteiger partial charge in [0, 0.05) is 36.9 Å². The minimum absolute atomic E-state index is 0.00790. The van der Waals surface area contributed by atoms with Crippen molar-refractivity contribution in [3.63, 3.8) is 0 Å². The number of benzene rings is 3. The van der Waals surface area contributed by atoms with E-state index in [1.807, 2.05) is 41.3 Å². The van der Waals surface area contributed by atoms with Gasteiger partial charge in [0.2, 0.25) is 5.91 Å². The molecule has 3 aromatic rings. The van der Waals surface area contributed by atoms with Crippen LogP contribution in [-0.4, -0.2) is 84.0 Å². The summed E-state index contributed by atoms with van der Waals surface area (Å²) < 4.78 is 5.68. The van der Waals surface area contributed by atoms with Crippen molar-refractivity contribution in [2.75, 3.05) is 50.9 Å². The van der Waals surface area contributed by atoms with E-state index in [4.69, 9.17) is 16.3 Å². The molecule has 1 spiro atoms.